The van der Waals surface area contributed by atoms with Crippen molar-refractivity contribution in [3.63, 3.8) is 0 Å². The van der Waals surface area contributed by atoms with Crippen LogP contribution in [0.5, 0.6) is 5.75 Å². The van der Waals surface area contributed by atoms with Crippen molar-refractivity contribution in [1.29, 1.82) is 0 Å². The van der Waals surface area contributed by atoms with Crippen molar-refractivity contribution in [2.24, 2.45) is 0 Å². The molecule has 1 aromatic carbocycles. The van der Waals surface area contributed by atoms with Gasteiger partial charge in [-0.15, -0.1) is 0 Å². The van der Waals surface area contributed by atoms with Crippen LogP contribution in [-0.4, -0.2) is 30.7 Å². The Hall–Kier alpha value is -2.30. The maximum absolute atomic E-state index is 12.2. The van der Waals surface area contributed by atoms with Gasteiger partial charge >= 0.3 is 5.97 Å². The predicted octanol–water partition coefficient (Wildman–Crippen LogP) is 4.02. The van der Waals surface area contributed by atoms with Gasteiger partial charge in [0, 0.05) is 18.1 Å². The summed E-state index contributed by atoms with van der Waals surface area (Å²) < 4.78 is 10.7. The van der Waals surface area contributed by atoms with Gasteiger partial charge in [-0.1, -0.05) is 13.3 Å². The number of pyridine rings is 1. The number of nitrogens with one attached hydrogen (secondary N) is 1. The molecule has 5 nitrogen and oxygen atoms in total. The molecule has 0 radical (unpaired) electrons. The summed E-state index contributed by atoms with van der Waals surface area (Å²) in [5.41, 5.74) is 2.05. The van der Waals surface area contributed by atoms with Crippen molar-refractivity contribution in [3.05, 3.63) is 30.0 Å². The van der Waals surface area contributed by atoms with Gasteiger partial charge in [-0.05, 0) is 38.5 Å². The van der Waals surface area contributed by atoms with Gasteiger partial charge in [0.1, 0.15) is 11.3 Å². The molecule has 23 heavy (non-hydrogen) atoms. The number of rotatable bonds is 8. The summed E-state index contributed by atoms with van der Waals surface area (Å²) in [6.45, 7) is 7.59. The largest absolute Gasteiger partial charge is 0.494 e. The van der Waals surface area contributed by atoms with Crippen LogP contribution in [0.4, 0.5) is 5.69 Å². The highest BCUT2D eigenvalue weighted by molar-refractivity contribution is 6.05. The number of nitrogens with zero attached hydrogens (tertiary/aromatic N) is 1. The van der Waals surface area contributed by atoms with Crippen LogP contribution < -0.4 is 10.1 Å². The lowest BCUT2D eigenvalue weighted by Crippen LogP contribution is -2.12. The van der Waals surface area contributed by atoms with Crippen molar-refractivity contribution >= 4 is 22.6 Å². The summed E-state index contributed by atoms with van der Waals surface area (Å²) in [7, 11) is 0. The molecule has 0 bridgehead atoms. The molecule has 0 aliphatic heterocycles. The Labute approximate surface area is 137 Å². The Morgan fingerprint density at radius 3 is 2.74 bits per heavy atom. The van der Waals surface area contributed by atoms with Gasteiger partial charge in [-0.25, -0.2) is 4.79 Å². The van der Waals surface area contributed by atoms with E-state index in [1.54, 1.807) is 13.1 Å². The third kappa shape index (κ3) is 4.12. The number of unbranched alkanes of at least 4 members (excludes halogenated alkanes) is 1. The highest BCUT2D eigenvalue weighted by Crippen LogP contribution is 2.30. The SMILES string of the molecule is CCCCNc1c(C(=O)OCC)cnc2ccc(OCC)cc12. The lowest BCUT2D eigenvalue weighted by atomic mass is 10.1. The van der Waals surface area contributed by atoms with Crippen LogP contribution in [0.1, 0.15) is 44.0 Å². The van der Waals surface area contributed by atoms with E-state index >= 15 is 0 Å². The van der Waals surface area contributed by atoms with E-state index in [0.29, 0.717) is 18.8 Å². The molecule has 0 saturated heterocycles. The fourth-order valence-corrected chi connectivity index (χ4v) is 2.37. The van der Waals surface area contributed by atoms with Crippen molar-refractivity contribution in [2.75, 3.05) is 25.1 Å². The number of hydrogen-bond donors (Lipinski definition) is 1. The Morgan fingerprint density at radius 1 is 1.22 bits per heavy atom. The fraction of sp³-hybridized carbons (Fsp3) is 0.444. The molecule has 0 aliphatic carbocycles. The van der Waals surface area contributed by atoms with Crippen LogP contribution in [0.15, 0.2) is 24.4 Å². The Morgan fingerprint density at radius 2 is 2.04 bits per heavy atom. The molecule has 5 heteroatoms. The second-order valence-corrected chi connectivity index (χ2v) is 5.16. The third-order valence-corrected chi connectivity index (χ3v) is 3.48. The zero-order chi connectivity index (χ0) is 16.7. The first-order valence-corrected chi connectivity index (χ1v) is 8.17. The second-order valence-electron chi connectivity index (χ2n) is 5.16. The molecule has 2 rings (SSSR count). The highest BCUT2D eigenvalue weighted by atomic mass is 16.5. The fourth-order valence-electron chi connectivity index (χ4n) is 2.37. The summed E-state index contributed by atoms with van der Waals surface area (Å²) in [5, 5.41) is 4.24. The zero-order valence-corrected chi connectivity index (χ0v) is 14.0. The number of benzene rings is 1. The molecular formula is C18H24N2O3. The quantitative estimate of drug-likeness (QED) is 0.588. The minimum Gasteiger partial charge on any atom is -0.494 e. The third-order valence-electron chi connectivity index (χ3n) is 3.48. The summed E-state index contributed by atoms with van der Waals surface area (Å²) in [6, 6.07) is 5.71. The Kier molecular flexibility index (Phi) is 6.20. The van der Waals surface area contributed by atoms with Gasteiger partial charge < -0.3 is 14.8 Å². The number of ether oxygens (including phenoxy) is 2. The molecule has 0 aliphatic rings. The van der Waals surface area contributed by atoms with E-state index in [-0.39, 0.29) is 5.97 Å². The summed E-state index contributed by atoms with van der Waals surface area (Å²) in [6.07, 6.45) is 3.68. The van der Waals surface area contributed by atoms with Crippen LogP contribution in [0.2, 0.25) is 0 Å². The van der Waals surface area contributed by atoms with Gasteiger partial charge in [-0.3, -0.25) is 4.98 Å². The first kappa shape index (κ1) is 17.1. The van der Waals surface area contributed by atoms with E-state index in [1.165, 1.54) is 0 Å². The van der Waals surface area contributed by atoms with Gasteiger partial charge in [0.2, 0.25) is 0 Å². The summed E-state index contributed by atoms with van der Waals surface area (Å²) in [4.78, 5) is 16.6. The monoisotopic (exact) mass is 316 g/mol. The van der Waals surface area contributed by atoms with Crippen LogP contribution in [0.3, 0.4) is 0 Å². The molecule has 1 heterocycles. The van der Waals surface area contributed by atoms with E-state index in [1.807, 2.05) is 25.1 Å². The topological polar surface area (TPSA) is 60.5 Å². The molecule has 1 aromatic heterocycles. The number of carbonyl (C=O) groups is 1. The number of fused-ring (bicyclic) bond motifs is 1. The van der Waals surface area contributed by atoms with Crippen molar-refractivity contribution in [1.82, 2.24) is 4.98 Å². The van der Waals surface area contributed by atoms with Crippen LogP contribution >= 0.6 is 0 Å². The molecule has 124 valence electrons. The molecule has 0 fully saturated rings. The standard InChI is InChI=1S/C18H24N2O3/c1-4-7-10-19-17-14-11-13(22-5-2)8-9-16(14)20-12-15(17)18(21)23-6-3/h8-9,11-12H,4-7,10H2,1-3H3,(H,19,20). The smallest absolute Gasteiger partial charge is 0.341 e. The molecule has 0 amide bonds. The molecular weight excluding hydrogens is 292 g/mol. The lowest BCUT2D eigenvalue weighted by Gasteiger charge is -2.14. The number of anilines is 1. The Balaban J connectivity index is 2.50. The number of hydrogen-bond acceptors (Lipinski definition) is 5. The Bertz CT molecular complexity index is 671. The molecule has 0 atom stereocenters. The van der Waals surface area contributed by atoms with Gasteiger partial charge in [0.05, 0.1) is 24.4 Å². The minimum absolute atomic E-state index is 0.338. The minimum atomic E-state index is -0.359. The van der Waals surface area contributed by atoms with E-state index in [0.717, 1.165) is 41.7 Å². The lowest BCUT2D eigenvalue weighted by molar-refractivity contribution is 0.0527. The van der Waals surface area contributed by atoms with Crippen LogP contribution in [-0.2, 0) is 4.74 Å². The predicted molar refractivity (Wildman–Crippen MR) is 92.3 cm³/mol. The van der Waals surface area contributed by atoms with Crippen LogP contribution in [0, 0.1) is 0 Å². The molecule has 1 N–H and O–H groups in total. The summed E-state index contributed by atoms with van der Waals surface area (Å²) in [5.74, 6) is 0.407. The van der Waals surface area contributed by atoms with E-state index in [9.17, 15) is 4.79 Å². The normalized spacial score (nSPS) is 10.6. The van der Waals surface area contributed by atoms with Crippen molar-refractivity contribution in [2.45, 2.75) is 33.6 Å². The molecule has 0 saturated carbocycles. The van der Waals surface area contributed by atoms with Gasteiger partial charge in [0.25, 0.3) is 0 Å². The first-order valence-electron chi connectivity index (χ1n) is 8.17. The highest BCUT2D eigenvalue weighted by Gasteiger charge is 2.17. The first-order chi connectivity index (χ1) is 11.2. The van der Waals surface area contributed by atoms with Crippen molar-refractivity contribution in [3.8, 4) is 5.75 Å². The number of carbonyl (C=O) groups excluding carboxylic acids is 1. The van der Waals surface area contributed by atoms with E-state index in [2.05, 4.69) is 17.2 Å². The van der Waals surface area contributed by atoms with Gasteiger partial charge in [-0.2, -0.15) is 0 Å². The van der Waals surface area contributed by atoms with E-state index in [4.69, 9.17) is 9.47 Å². The summed E-state index contributed by atoms with van der Waals surface area (Å²) >= 11 is 0. The molecule has 2 aromatic rings. The maximum atomic E-state index is 12.2. The molecule has 0 unspecified atom stereocenters. The average molecular weight is 316 g/mol. The maximum Gasteiger partial charge on any atom is 0.341 e. The van der Waals surface area contributed by atoms with E-state index < -0.39 is 0 Å². The number of esters is 1. The number of aromatic nitrogens is 1. The average Bonchev–Trinajstić information content (AvgIpc) is 2.55. The molecule has 0 spiro atoms. The van der Waals surface area contributed by atoms with Gasteiger partial charge in [0.15, 0.2) is 0 Å². The second kappa shape index (κ2) is 8.36. The van der Waals surface area contributed by atoms with Crippen LogP contribution in [0.25, 0.3) is 10.9 Å². The zero-order valence-electron chi connectivity index (χ0n) is 14.0. The van der Waals surface area contributed by atoms with Crippen molar-refractivity contribution < 1.29 is 14.3 Å².